The summed E-state index contributed by atoms with van der Waals surface area (Å²) in [4.78, 5) is 15.0. The molecule has 1 heterocycles. The topological polar surface area (TPSA) is 58.9 Å². The molecule has 0 aliphatic carbocycles. The van der Waals surface area contributed by atoms with Crippen LogP contribution in [0, 0.1) is 15.9 Å². The number of nitrogens with zero attached hydrogens (tertiary/aromatic N) is 1. The first-order valence-corrected chi connectivity index (χ1v) is 6.64. The summed E-state index contributed by atoms with van der Waals surface area (Å²) < 4.78 is 13.1. The molecule has 4 nitrogen and oxygen atoms in total. The fourth-order valence-corrected chi connectivity index (χ4v) is 2.93. The van der Waals surface area contributed by atoms with Gasteiger partial charge in [-0.2, -0.15) is 0 Å². The number of non-ortho nitro benzene ring substituents is 1. The van der Waals surface area contributed by atoms with Crippen LogP contribution >= 0.6 is 11.8 Å². The van der Waals surface area contributed by atoms with Crippen molar-refractivity contribution in [3.05, 3.63) is 64.6 Å². The second-order valence-electron chi connectivity index (χ2n) is 4.20. The molecular formula is C14H9FN2O2S. The van der Waals surface area contributed by atoms with E-state index in [1.807, 2.05) is 0 Å². The third-order valence-electron chi connectivity index (χ3n) is 2.86. The van der Waals surface area contributed by atoms with Crippen molar-refractivity contribution in [3.63, 3.8) is 0 Å². The first-order chi connectivity index (χ1) is 9.63. The van der Waals surface area contributed by atoms with Crippen LogP contribution in [0.2, 0.25) is 0 Å². The van der Waals surface area contributed by atoms with Crippen molar-refractivity contribution in [3.8, 4) is 0 Å². The Morgan fingerprint density at radius 2 is 2.05 bits per heavy atom. The van der Waals surface area contributed by atoms with Crippen molar-refractivity contribution in [2.75, 3.05) is 0 Å². The van der Waals surface area contributed by atoms with Gasteiger partial charge in [-0.25, -0.2) is 4.39 Å². The zero-order chi connectivity index (χ0) is 14.1. The van der Waals surface area contributed by atoms with Crippen molar-refractivity contribution >= 4 is 28.4 Å². The SMILES string of the molecule is O=[N+]([O-])c1cccc(Sc2c[nH]c3cc(F)ccc23)c1. The van der Waals surface area contributed by atoms with Gasteiger partial charge in [-0.05, 0) is 24.3 Å². The Bertz CT molecular complexity index is 801. The average Bonchev–Trinajstić information content (AvgIpc) is 2.81. The predicted molar refractivity (Wildman–Crippen MR) is 75.5 cm³/mol. The molecule has 0 aliphatic rings. The van der Waals surface area contributed by atoms with E-state index in [9.17, 15) is 14.5 Å². The fraction of sp³-hybridized carbons (Fsp3) is 0. The van der Waals surface area contributed by atoms with Crippen LogP contribution in [-0.4, -0.2) is 9.91 Å². The number of nitrogens with one attached hydrogen (secondary N) is 1. The summed E-state index contributed by atoms with van der Waals surface area (Å²) in [6.45, 7) is 0. The molecule has 0 saturated heterocycles. The Morgan fingerprint density at radius 1 is 1.20 bits per heavy atom. The van der Waals surface area contributed by atoms with Gasteiger partial charge < -0.3 is 4.98 Å². The lowest BCUT2D eigenvalue weighted by atomic mass is 10.2. The molecule has 0 spiro atoms. The first-order valence-electron chi connectivity index (χ1n) is 5.82. The van der Waals surface area contributed by atoms with Gasteiger partial charge in [-0.15, -0.1) is 0 Å². The van der Waals surface area contributed by atoms with Crippen LogP contribution in [0.25, 0.3) is 10.9 Å². The molecule has 0 unspecified atom stereocenters. The van der Waals surface area contributed by atoms with E-state index in [0.29, 0.717) is 5.52 Å². The maximum absolute atomic E-state index is 13.1. The minimum atomic E-state index is -0.422. The van der Waals surface area contributed by atoms with Crippen molar-refractivity contribution < 1.29 is 9.31 Å². The Hall–Kier alpha value is -2.34. The van der Waals surface area contributed by atoms with Gasteiger partial charge in [0.15, 0.2) is 0 Å². The summed E-state index contributed by atoms with van der Waals surface area (Å²) >= 11 is 1.40. The highest BCUT2D eigenvalue weighted by Gasteiger charge is 2.09. The van der Waals surface area contributed by atoms with Gasteiger partial charge in [0.1, 0.15) is 5.82 Å². The zero-order valence-electron chi connectivity index (χ0n) is 10.2. The number of H-pyrrole nitrogens is 1. The second kappa shape index (κ2) is 4.97. The smallest absolute Gasteiger partial charge is 0.270 e. The highest BCUT2D eigenvalue weighted by atomic mass is 32.2. The Kier molecular flexibility index (Phi) is 3.15. The van der Waals surface area contributed by atoms with Crippen LogP contribution in [0.5, 0.6) is 0 Å². The number of rotatable bonds is 3. The Morgan fingerprint density at radius 3 is 2.85 bits per heavy atom. The fourth-order valence-electron chi connectivity index (χ4n) is 1.94. The highest BCUT2D eigenvalue weighted by molar-refractivity contribution is 7.99. The van der Waals surface area contributed by atoms with Gasteiger partial charge >= 0.3 is 0 Å². The van der Waals surface area contributed by atoms with Crippen molar-refractivity contribution in [2.45, 2.75) is 9.79 Å². The molecule has 100 valence electrons. The van der Waals surface area contributed by atoms with Crippen molar-refractivity contribution in [1.82, 2.24) is 4.98 Å². The van der Waals surface area contributed by atoms with Gasteiger partial charge in [0, 0.05) is 39.0 Å². The van der Waals surface area contributed by atoms with Gasteiger partial charge in [0.25, 0.3) is 5.69 Å². The van der Waals surface area contributed by atoms with Gasteiger partial charge in [0.2, 0.25) is 0 Å². The van der Waals surface area contributed by atoms with Crippen LogP contribution in [0.15, 0.2) is 58.5 Å². The number of halogens is 1. The van der Waals surface area contributed by atoms with E-state index in [0.717, 1.165) is 15.2 Å². The zero-order valence-corrected chi connectivity index (χ0v) is 11.0. The number of aromatic nitrogens is 1. The van der Waals surface area contributed by atoms with Gasteiger partial charge in [-0.3, -0.25) is 10.1 Å². The van der Waals surface area contributed by atoms with Gasteiger partial charge in [-0.1, -0.05) is 17.8 Å². The highest BCUT2D eigenvalue weighted by Crippen LogP contribution is 2.34. The minimum absolute atomic E-state index is 0.0564. The average molecular weight is 288 g/mol. The molecule has 6 heteroatoms. The third kappa shape index (κ3) is 2.37. The van der Waals surface area contributed by atoms with E-state index in [1.54, 1.807) is 24.4 Å². The summed E-state index contributed by atoms with van der Waals surface area (Å²) in [5.74, 6) is -0.300. The maximum Gasteiger partial charge on any atom is 0.270 e. The molecule has 0 saturated carbocycles. The summed E-state index contributed by atoms with van der Waals surface area (Å²) in [5, 5.41) is 11.6. The number of benzene rings is 2. The molecule has 0 fully saturated rings. The lowest BCUT2D eigenvalue weighted by Gasteiger charge is -2.00. The molecule has 0 atom stereocenters. The maximum atomic E-state index is 13.1. The van der Waals surface area contributed by atoms with Gasteiger partial charge in [0.05, 0.1) is 4.92 Å². The number of hydrogen-bond acceptors (Lipinski definition) is 3. The molecule has 3 aromatic rings. The van der Waals surface area contributed by atoms with E-state index in [2.05, 4.69) is 4.98 Å². The molecule has 1 N–H and O–H groups in total. The molecule has 0 aliphatic heterocycles. The van der Waals surface area contributed by atoms with E-state index in [4.69, 9.17) is 0 Å². The second-order valence-corrected chi connectivity index (χ2v) is 5.31. The first kappa shape index (κ1) is 12.7. The number of aromatic amines is 1. The molecule has 0 amide bonds. The molecule has 2 aromatic carbocycles. The monoisotopic (exact) mass is 288 g/mol. The largest absolute Gasteiger partial charge is 0.360 e. The minimum Gasteiger partial charge on any atom is -0.360 e. The van der Waals surface area contributed by atoms with Crippen LogP contribution < -0.4 is 0 Å². The van der Waals surface area contributed by atoms with Crippen LogP contribution in [-0.2, 0) is 0 Å². The van der Waals surface area contributed by atoms with Crippen LogP contribution in [0.4, 0.5) is 10.1 Å². The van der Waals surface area contributed by atoms with E-state index in [1.165, 1.54) is 36.0 Å². The number of fused-ring (bicyclic) bond motifs is 1. The summed E-state index contributed by atoms with van der Waals surface area (Å²) in [7, 11) is 0. The van der Waals surface area contributed by atoms with Crippen LogP contribution in [0.3, 0.4) is 0 Å². The quantitative estimate of drug-likeness (QED) is 0.575. The molecular weight excluding hydrogens is 279 g/mol. The predicted octanol–water partition coefficient (Wildman–Crippen LogP) is 4.37. The third-order valence-corrected chi connectivity index (χ3v) is 3.91. The Labute approximate surface area is 117 Å². The number of nitro benzene ring substituents is 1. The number of nitro groups is 1. The van der Waals surface area contributed by atoms with E-state index >= 15 is 0 Å². The molecule has 3 rings (SSSR count). The number of hydrogen-bond donors (Lipinski definition) is 1. The van der Waals surface area contributed by atoms with E-state index < -0.39 is 4.92 Å². The molecule has 0 radical (unpaired) electrons. The van der Waals surface area contributed by atoms with Crippen molar-refractivity contribution in [2.24, 2.45) is 0 Å². The lowest BCUT2D eigenvalue weighted by Crippen LogP contribution is -1.86. The standard InChI is InChI=1S/C14H9FN2O2S/c15-9-4-5-12-13(6-9)16-8-14(12)20-11-3-1-2-10(7-11)17(18)19/h1-8,16H. The summed E-state index contributed by atoms with van der Waals surface area (Å²) in [5.41, 5.74) is 0.763. The molecule has 0 bridgehead atoms. The Balaban J connectivity index is 1.97. The van der Waals surface area contributed by atoms with E-state index in [-0.39, 0.29) is 11.5 Å². The lowest BCUT2D eigenvalue weighted by molar-refractivity contribution is -0.385. The molecule has 20 heavy (non-hydrogen) atoms. The molecule has 1 aromatic heterocycles. The summed E-state index contributed by atoms with van der Waals surface area (Å²) in [6.07, 6.45) is 1.77. The van der Waals surface area contributed by atoms with Crippen molar-refractivity contribution in [1.29, 1.82) is 0 Å². The summed E-state index contributed by atoms with van der Waals surface area (Å²) in [6, 6.07) is 10.9. The normalized spacial score (nSPS) is 10.8. The van der Waals surface area contributed by atoms with Crippen LogP contribution in [0.1, 0.15) is 0 Å².